The Bertz CT molecular complexity index is 1300. The third-order valence-corrected chi connectivity index (χ3v) is 7.00. The molecule has 0 amide bonds. The van der Waals surface area contributed by atoms with Gasteiger partial charge >= 0.3 is 0 Å². The summed E-state index contributed by atoms with van der Waals surface area (Å²) < 4.78 is 10.1. The molecule has 5 heterocycles. The highest BCUT2D eigenvalue weighted by atomic mass is 16.5. The van der Waals surface area contributed by atoms with E-state index in [-0.39, 0.29) is 12.1 Å². The molecule has 1 saturated carbocycles. The highest BCUT2D eigenvalue weighted by molar-refractivity contribution is 5.86. The van der Waals surface area contributed by atoms with E-state index in [1.54, 1.807) is 0 Å². The van der Waals surface area contributed by atoms with Crippen LogP contribution in [0.5, 0.6) is 0 Å². The van der Waals surface area contributed by atoms with Crippen molar-refractivity contribution >= 4 is 22.5 Å². The van der Waals surface area contributed by atoms with Crippen LogP contribution in [-0.4, -0.2) is 52.9 Å². The first-order chi connectivity index (χ1) is 14.9. The van der Waals surface area contributed by atoms with Crippen LogP contribution in [0.25, 0.3) is 16.7 Å². The zero-order valence-corrected chi connectivity index (χ0v) is 17.1. The van der Waals surface area contributed by atoms with E-state index < -0.39 is 17.6 Å². The van der Waals surface area contributed by atoms with Gasteiger partial charge in [0.2, 0.25) is 0 Å². The normalized spacial score (nSPS) is 30.8. The summed E-state index contributed by atoms with van der Waals surface area (Å²) in [7, 11) is 0. The monoisotopic (exact) mass is 420 g/mol. The number of aryl methyl sites for hydroxylation is 1. The fourth-order valence-corrected chi connectivity index (χ4v) is 5.39. The summed E-state index contributed by atoms with van der Waals surface area (Å²) in [5.74, 6) is 0.403. The zero-order chi connectivity index (χ0) is 21.3. The second-order valence-electron chi connectivity index (χ2n) is 8.90. The Morgan fingerprint density at radius 3 is 2.94 bits per heavy atom. The molecule has 1 spiro atoms. The molecule has 2 fully saturated rings. The summed E-state index contributed by atoms with van der Waals surface area (Å²) in [5.41, 5.74) is 8.97. The lowest BCUT2D eigenvalue weighted by molar-refractivity contribution is -0.0309. The van der Waals surface area contributed by atoms with E-state index >= 15 is 0 Å². The summed E-state index contributed by atoms with van der Waals surface area (Å²) in [6.07, 6.45) is 6.50. The number of imidazole rings is 1. The maximum absolute atomic E-state index is 11.1. The number of pyridine rings is 1. The summed E-state index contributed by atoms with van der Waals surface area (Å²) in [6, 6.07) is 5.60. The maximum Gasteiger partial charge on any atom is 0.145 e. The number of nitrogen functional groups attached to an aromatic ring is 1. The van der Waals surface area contributed by atoms with Gasteiger partial charge in [-0.2, -0.15) is 0 Å². The molecule has 0 bridgehead atoms. The zero-order valence-electron chi connectivity index (χ0n) is 17.1. The summed E-state index contributed by atoms with van der Waals surface area (Å²) in [6.45, 7) is 2.36. The van der Waals surface area contributed by atoms with E-state index in [2.05, 4.69) is 15.0 Å². The second kappa shape index (κ2) is 6.49. The van der Waals surface area contributed by atoms with Crippen molar-refractivity contribution in [2.45, 2.75) is 44.1 Å². The van der Waals surface area contributed by atoms with E-state index in [4.69, 9.17) is 10.5 Å². The predicted octanol–water partition coefficient (Wildman–Crippen LogP) is 1.78. The van der Waals surface area contributed by atoms with E-state index in [9.17, 15) is 10.2 Å². The molecule has 31 heavy (non-hydrogen) atoms. The molecule has 0 radical (unpaired) electrons. The largest absolute Gasteiger partial charge is 0.390 e. The summed E-state index contributed by atoms with van der Waals surface area (Å²) in [4.78, 5) is 12.9. The van der Waals surface area contributed by atoms with E-state index in [1.165, 1.54) is 6.33 Å². The summed E-state index contributed by atoms with van der Waals surface area (Å²) in [5, 5.41) is 22.8. The molecule has 2 aliphatic rings. The number of rotatable bonds is 2. The first-order valence-electron chi connectivity index (χ1n) is 10.5. The fraction of sp³-hybridized carbons (Fsp3) is 0.409. The van der Waals surface area contributed by atoms with Crippen molar-refractivity contribution in [1.29, 1.82) is 0 Å². The first-order valence-corrected chi connectivity index (χ1v) is 10.5. The maximum atomic E-state index is 11.1. The highest BCUT2D eigenvalue weighted by Crippen LogP contribution is 2.54. The molecule has 9 nitrogen and oxygen atoms in total. The molecule has 1 aliphatic carbocycles. The van der Waals surface area contributed by atoms with Crippen molar-refractivity contribution in [3.05, 3.63) is 54.4 Å². The second-order valence-corrected chi connectivity index (χ2v) is 8.90. The van der Waals surface area contributed by atoms with Gasteiger partial charge in [0.15, 0.2) is 0 Å². The molecule has 5 atom stereocenters. The number of nitrogens with zero attached hydrogens (tertiary/aromatic N) is 5. The van der Waals surface area contributed by atoms with Crippen molar-refractivity contribution in [3.63, 3.8) is 0 Å². The van der Waals surface area contributed by atoms with Gasteiger partial charge < -0.3 is 29.7 Å². The van der Waals surface area contributed by atoms with Crippen molar-refractivity contribution in [1.82, 2.24) is 23.9 Å². The average molecular weight is 420 g/mol. The van der Waals surface area contributed by atoms with Crippen molar-refractivity contribution in [2.75, 3.05) is 12.3 Å². The van der Waals surface area contributed by atoms with Crippen LogP contribution in [0.4, 0.5) is 5.82 Å². The van der Waals surface area contributed by atoms with Crippen LogP contribution in [-0.2, 0) is 4.74 Å². The molecule has 160 valence electrons. The van der Waals surface area contributed by atoms with Crippen molar-refractivity contribution in [2.24, 2.45) is 5.41 Å². The molecule has 6 rings (SSSR count). The SMILES string of the molecule is Cc1cn2ccc([C@H]3C[C@@]4(CO3)C[C@@H](n3ccc5c(N)ncnc53)[C@H](O)[C@@H]4O)cc2n1. The Labute approximate surface area is 178 Å². The molecule has 4 N–H and O–H groups in total. The number of anilines is 1. The number of hydrogen-bond donors (Lipinski definition) is 3. The van der Waals surface area contributed by atoms with Crippen LogP contribution in [0.1, 0.15) is 36.2 Å². The van der Waals surface area contributed by atoms with Gasteiger partial charge in [-0.05, 0) is 43.5 Å². The third-order valence-electron chi connectivity index (χ3n) is 7.00. The Balaban J connectivity index is 1.31. The van der Waals surface area contributed by atoms with Crippen LogP contribution in [0.15, 0.2) is 43.1 Å². The minimum Gasteiger partial charge on any atom is -0.390 e. The van der Waals surface area contributed by atoms with Crippen molar-refractivity contribution in [3.8, 4) is 0 Å². The molecular formula is C22H24N6O3. The van der Waals surface area contributed by atoms with Gasteiger partial charge in [0.05, 0.1) is 35.9 Å². The Morgan fingerprint density at radius 2 is 2.06 bits per heavy atom. The Hall–Kier alpha value is -3.01. The topological polar surface area (TPSA) is 124 Å². The molecule has 4 aromatic heterocycles. The molecule has 4 aromatic rings. The van der Waals surface area contributed by atoms with Gasteiger partial charge in [0.25, 0.3) is 0 Å². The quantitative estimate of drug-likeness (QED) is 0.452. The molecule has 0 aromatic carbocycles. The molecule has 9 heteroatoms. The van der Waals surface area contributed by atoms with Crippen LogP contribution in [0.3, 0.4) is 0 Å². The highest BCUT2D eigenvalue weighted by Gasteiger charge is 2.57. The average Bonchev–Trinajstić information content (AvgIpc) is 3.50. The smallest absolute Gasteiger partial charge is 0.145 e. The van der Waals surface area contributed by atoms with E-state index in [1.807, 2.05) is 52.7 Å². The van der Waals surface area contributed by atoms with Gasteiger partial charge in [0, 0.05) is 24.0 Å². The van der Waals surface area contributed by atoms with Gasteiger partial charge in [-0.3, -0.25) is 0 Å². The van der Waals surface area contributed by atoms with E-state index in [0.717, 1.165) is 22.3 Å². The molecule has 1 saturated heterocycles. The Kier molecular flexibility index (Phi) is 3.92. The first kappa shape index (κ1) is 18.7. The number of nitrogens with two attached hydrogens (primary N) is 1. The standard InChI is InChI=1S/C22H24N6O3/c1-12-9-27-4-2-13(6-17(27)26-12)16-8-22(10-31-16)7-15(18(29)19(22)30)28-5-3-14-20(23)24-11-25-21(14)28/h2-6,9,11,15-16,18-19,29-30H,7-8,10H2,1H3,(H2,23,24,25)/t15-,16-,18+,19+,22-/m1/s1. The lowest BCUT2D eigenvalue weighted by Crippen LogP contribution is -2.37. The number of aromatic nitrogens is 5. The summed E-state index contributed by atoms with van der Waals surface area (Å²) >= 11 is 0. The van der Waals surface area contributed by atoms with Gasteiger partial charge in [0.1, 0.15) is 29.5 Å². The predicted molar refractivity (Wildman–Crippen MR) is 113 cm³/mol. The minimum atomic E-state index is -0.924. The third kappa shape index (κ3) is 2.70. The van der Waals surface area contributed by atoms with Gasteiger partial charge in [-0.15, -0.1) is 0 Å². The minimum absolute atomic E-state index is 0.151. The van der Waals surface area contributed by atoms with Crippen LogP contribution in [0.2, 0.25) is 0 Å². The lowest BCUT2D eigenvalue weighted by Gasteiger charge is -2.26. The van der Waals surface area contributed by atoms with Gasteiger partial charge in [-0.25, -0.2) is 15.0 Å². The fourth-order valence-electron chi connectivity index (χ4n) is 5.39. The van der Waals surface area contributed by atoms with Crippen LogP contribution < -0.4 is 5.73 Å². The molecule has 1 aliphatic heterocycles. The number of fused-ring (bicyclic) bond motifs is 2. The van der Waals surface area contributed by atoms with Crippen LogP contribution in [0, 0.1) is 12.3 Å². The van der Waals surface area contributed by atoms with Crippen LogP contribution >= 0.6 is 0 Å². The number of aliphatic hydroxyl groups excluding tert-OH is 2. The lowest BCUT2D eigenvalue weighted by atomic mass is 9.80. The Morgan fingerprint density at radius 1 is 1.19 bits per heavy atom. The molecule has 0 unspecified atom stereocenters. The number of aliphatic hydroxyl groups is 2. The van der Waals surface area contributed by atoms with E-state index in [0.29, 0.717) is 30.9 Å². The number of hydrogen-bond acceptors (Lipinski definition) is 7. The number of ether oxygens (including phenoxy) is 1. The van der Waals surface area contributed by atoms with Crippen molar-refractivity contribution < 1.29 is 14.9 Å². The molecular weight excluding hydrogens is 396 g/mol. The van der Waals surface area contributed by atoms with Gasteiger partial charge in [-0.1, -0.05) is 0 Å².